The van der Waals surface area contributed by atoms with Crippen molar-refractivity contribution in [3.63, 3.8) is 0 Å². The third kappa shape index (κ3) is 2.59. The maximum absolute atomic E-state index is 13.6. The third-order valence-electron chi connectivity index (χ3n) is 2.23. The van der Waals surface area contributed by atoms with Crippen molar-refractivity contribution in [1.82, 2.24) is 9.78 Å². The number of anilines is 2. The summed E-state index contributed by atoms with van der Waals surface area (Å²) in [7, 11) is 1.81. The molecule has 0 spiro atoms. The molecule has 6 heteroatoms. The second-order valence-corrected chi connectivity index (χ2v) is 4.03. The van der Waals surface area contributed by atoms with Gasteiger partial charge in [0.05, 0.1) is 11.9 Å². The Hall–Kier alpha value is -1.95. The molecule has 0 atom stereocenters. The summed E-state index contributed by atoms with van der Waals surface area (Å²) in [6, 6.07) is 4.61. The monoisotopic (exact) mass is 250 g/mol. The second-order valence-electron chi connectivity index (χ2n) is 3.59. The van der Waals surface area contributed by atoms with E-state index in [0.717, 1.165) is 5.69 Å². The summed E-state index contributed by atoms with van der Waals surface area (Å²) in [5.74, 6) is -0.439. The van der Waals surface area contributed by atoms with E-state index in [4.69, 9.17) is 18.0 Å². The Balaban J connectivity index is 2.23. The zero-order valence-electron chi connectivity index (χ0n) is 9.14. The molecule has 0 aliphatic rings. The number of nitrogens with zero attached hydrogens (tertiary/aromatic N) is 2. The van der Waals surface area contributed by atoms with Gasteiger partial charge in [0.25, 0.3) is 0 Å². The number of hydrogen-bond donors (Lipinski definition) is 2. The number of thiocarbonyl (C=S) groups is 1. The molecule has 2 rings (SSSR count). The van der Waals surface area contributed by atoms with Crippen molar-refractivity contribution >= 4 is 28.6 Å². The first-order valence-electron chi connectivity index (χ1n) is 4.91. The molecule has 0 amide bonds. The summed E-state index contributed by atoms with van der Waals surface area (Å²) < 4.78 is 15.2. The van der Waals surface area contributed by atoms with Gasteiger partial charge < -0.3 is 11.1 Å². The molecule has 3 N–H and O–H groups in total. The summed E-state index contributed by atoms with van der Waals surface area (Å²) >= 11 is 4.73. The molecule has 2 aromatic rings. The second kappa shape index (κ2) is 4.50. The molecule has 0 saturated heterocycles. The van der Waals surface area contributed by atoms with Crippen molar-refractivity contribution in [2.75, 3.05) is 5.32 Å². The first kappa shape index (κ1) is 11.5. The Kier molecular flexibility index (Phi) is 3.06. The minimum Gasteiger partial charge on any atom is -0.389 e. The molecule has 1 heterocycles. The summed E-state index contributed by atoms with van der Waals surface area (Å²) in [6.07, 6.45) is 3.44. The highest BCUT2D eigenvalue weighted by atomic mass is 32.1. The predicted octanol–water partition coefficient (Wildman–Crippen LogP) is 1.94. The fourth-order valence-corrected chi connectivity index (χ4v) is 1.61. The predicted molar refractivity (Wildman–Crippen MR) is 68.8 cm³/mol. The number of nitrogens with two attached hydrogens (primary N) is 1. The maximum atomic E-state index is 13.6. The molecule has 0 bridgehead atoms. The van der Waals surface area contributed by atoms with E-state index < -0.39 is 5.82 Å². The van der Waals surface area contributed by atoms with E-state index in [-0.39, 0.29) is 10.6 Å². The van der Waals surface area contributed by atoms with Crippen LogP contribution in [0, 0.1) is 5.82 Å². The lowest BCUT2D eigenvalue weighted by Gasteiger charge is -2.06. The Bertz CT molecular complexity index is 564. The van der Waals surface area contributed by atoms with Gasteiger partial charge in [-0.3, -0.25) is 4.68 Å². The van der Waals surface area contributed by atoms with Crippen molar-refractivity contribution < 1.29 is 4.39 Å². The van der Waals surface area contributed by atoms with Crippen LogP contribution in [0.5, 0.6) is 0 Å². The van der Waals surface area contributed by atoms with Crippen molar-refractivity contribution in [3.8, 4) is 0 Å². The van der Waals surface area contributed by atoms with Gasteiger partial charge in [-0.25, -0.2) is 4.39 Å². The smallest absolute Gasteiger partial charge is 0.135 e. The van der Waals surface area contributed by atoms with Gasteiger partial charge in [-0.2, -0.15) is 5.10 Å². The molecule has 88 valence electrons. The third-order valence-corrected chi connectivity index (χ3v) is 2.45. The molecule has 0 radical (unpaired) electrons. The minimum atomic E-state index is -0.439. The van der Waals surface area contributed by atoms with Gasteiger partial charge in [0.2, 0.25) is 0 Å². The Morgan fingerprint density at radius 2 is 2.24 bits per heavy atom. The van der Waals surface area contributed by atoms with Crippen LogP contribution in [0.15, 0.2) is 30.6 Å². The standard InChI is InChI=1S/C11H11FN4S/c1-16-6-8(5-14-16)15-7-2-3-9(11(13)17)10(12)4-7/h2-6,15H,1H3,(H2,13,17). The average molecular weight is 250 g/mol. The fourth-order valence-electron chi connectivity index (χ4n) is 1.45. The molecule has 0 aliphatic carbocycles. The van der Waals surface area contributed by atoms with Gasteiger partial charge in [-0.1, -0.05) is 12.2 Å². The van der Waals surface area contributed by atoms with E-state index in [1.54, 1.807) is 29.2 Å². The van der Waals surface area contributed by atoms with Crippen molar-refractivity contribution in [2.45, 2.75) is 0 Å². The first-order valence-corrected chi connectivity index (χ1v) is 5.32. The quantitative estimate of drug-likeness (QED) is 0.817. The van der Waals surface area contributed by atoms with Crippen LogP contribution >= 0.6 is 12.2 Å². The highest BCUT2D eigenvalue weighted by Gasteiger charge is 2.06. The lowest BCUT2D eigenvalue weighted by molar-refractivity contribution is 0.626. The summed E-state index contributed by atoms with van der Waals surface area (Å²) in [6.45, 7) is 0. The van der Waals surface area contributed by atoms with Crippen LogP contribution in [0.25, 0.3) is 0 Å². The van der Waals surface area contributed by atoms with Crippen molar-refractivity contribution in [3.05, 3.63) is 42.0 Å². The maximum Gasteiger partial charge on any atom is 0.135 e. The van der Waals surface area contributed by atoms with Crippen LogP contribution < -0.4 is 11.1 Å². The Labute approximate surface area is 103 Å². The number of hydrogen-bond acceptors (Lipinski definition) is 3. The van der Waals surface area contributed by atoms with E-state index in [1.165, 1.54) is 6.07 Å². The van der Waals surface area contributed by atoms with Crippen LogP contribution in [0.3, 0.4) is 0 Å². The van der Waals surface area contributed by atoms with E-state index in [9.17, 15) is 4.39 Å². The van der Waals surface area contributed by atoms with E-state index in [2.05, 4.69) is 10.4 Å². The highest BCUT2D eigenvalue weighted by molar-refractivity contribution is 7.80. The normalized spacial score (nSPS) is 10.2. The van der Waals surface area contributed by atoms with Crippen LogP contribution in [-0.2, 0) is 7.05 Å². The van der Waals surface area contributed by atoms with Crippen molar-refractivity contribution in [1.29, 1.82) is 0 Å². The molecule has 0 aliphatic heterocycles. The molecular weight excluding hydrogens is 239 g/mol. The zero-order valence-corrected chi connectivity index (χ0v) is 9.96. The van der Waals surface area contributed by atoms with Crippen LogP contribution in [-0.4, -0.2) is 14.8 Å². The average Bonchev–Trinajstić information content (AvgIpc) is 2.63. The van der Waals surface area contributed by atoms with Gasteiger partial charge in [0.1, 0.15) is 10.8 Å². The number of aryl methyl sites for hydroxylation is 1. The number of benzene rings is 1. The zero-order chi connectivity index (χ0) is 12.4. The number of aromatic nitrogens is 2. The summed E-state index contributed by atoms with van der Waals surface area (Å²) in [5.41, 5.74) is 7.03. The molecular formula is C11H11FN4S. The highest BCUT2D eigenvalue weighted by Crippen LogP contribution is 2.18. The lowest BCUT2D eigenvalue weighted by atomic mass is 10.2. The van der Waals surface area contributed by atoms with Crippen LogP contribution in [0.4, 0.5) is 15.8 Å². The summed E-state index contributed by atoms with van der Waals surface area (Å²) in [4.78, 5) is 0.0513. The number of nitrogens with one attached hydrogen (secondary N) is 1. The van der Waals surface area contributed by atoms with Gasteiger partial charge in [0.15, 0.2) is 0 Å². The van der Waals surface area contributed by atoms with E-state index >= 15 is 0 Å². The molecule has 0 fully saturated rings. The van der Waals surface area contributed by atoms with Gasteiger partial charge in [-0.15, -0.1) is 0 Å². The molecule has 1 aromatic heterocycles. The Morgan fingerprint density at radius 1 is 1.47 bits per heavy atom. The molecule has 0 saturated carbocycles. The Morgan fingerprint density at radius 3 is 2.76 bits per heavy atom. The van der Waals surface area contributed by atoms with E-state index in [1.807, 2.05) is 7.05 Å². The fraction of sp³-hybridized carbons (Fsp3) is 0.0909. The topological polar surface area (TPSA) is 55.9 Å². The van der Waals surface area contributed by atoms with E-state index in [0.29, 0.717) is 5.69 Å². The number of rotatable bonds is 3. The first-order chi connectivity index (χ1) is 8.06. The van der Waals surface area contributed by atoms with Gasteiger partial charge >= 0.3 is 0 Å². The van der Waals surface area contributed by atoms with Gasteiger partial charge in [0, 0.05) is 24.5 Å². The molecule has 0 unspecified atom stereocenters. The lowest BCUT2D eigenvalue weighted by Crippen LogP contribution is -2.11. The molecule has 17 heavy (non-hydrogen) atoms. The van der Waals surface area contributed by atoms with Crippen molar-refractivity contribution in [2.24, 2.45) is 12.8 Å². The summed E-state index contributed by atoms with van der Waals surface area (Å²) in [5, 5.41) is 7.02. The minimum absolute atomic E-state index is 0.0513. The molecule has 1 aromatic carbocycles. The SMILES string of the molecule is Cn1cc(Nc2ccc(C(N)=S)c(F)c2)cn1. The van der Waals surface area contributed by atoms with Crippen LogP contribution in [0.1, 0.15) is 5.56 Å². The van der Waals surface area contributed by atoms with Gasteiger partial charge in [-0.05, 0) is 18.2 Å². The molecule has 4 nitrogen and oxygen atoms in total. The largest absolute Gasteiger partial charge is 0.389 e. The van der Waals surface area contributed by atoms with Crippen LogP contribution in [0.2, 0.25) is 0 Å². The number of halogens is 1.